The lowest BCUT2D eigenvalue weighted by Crippen LogP contribution is -2.61. The van der Waals surface area contributed by atoms with Crippen molar-refractivity contribution in [2.45, 2.75) is 57.9 Å². The Hall–Kier alpha value is -0.660. The molecule has 6 nitrogen and oxygen atoms in total. The van der Waals surface area contributed by atoms with Crippen molar-refractivity contribution in [3.8, 4) is 0 Å². The lowest BCUT2D eigenvalue weighted by Gasteiger charge is -2.40. The average molecular weight is 316 g/mol. The van der Waals surface area contributed by atoms with E-state index in [0.29, 0.717) is 37.8 Å². The molecule has 0 aromatic heterocycles. The molecule has 0 bridgehead atoms. The molecule has 0 aromatic rings. The van der Waals surface area contributed by atoms with Crippen molar-refractivity contribution < 1.29 is 8.42 Å². The van der Waals surface area contributed by atoms with Gasteiger partial charge >= 0.3 is 0 Å². The summed E-state index contributed by atoms with van der Waals surface area (Å²) >= 11 is 0. The second-order valence-corrected chi connectivity index (χ2v) is 8.54. The summed E-state index contributed by atoms with van der Waals surface area (Å²) in [5.74, 6) is 1.09. The molecule has 0 spiro atoms. The lowest BCUT2D eigenvalue weighted by atomic mass is 9.77. The first-order valence-corrected chi connectivity index (χ1v) is 9.33. The van der Waals surface area contributed by atoms with Gasteiger partial charge in [-0.2, -0.15) is 17.4 Å². The van der Waals surface area contributed by atoms with Crippen LogP contribution in [0.1, 0.15) is 52.4 Å². The smallest absolute Gasteiger partial charge is 0.280 e. The molecule has 2 aliphatic rings. The Kier molecular flexibility index (Phi) is 4.95. The molecule has 122 valence electrons. The predicted molar refractivity (Wildman–Crippen MR) is 84.3 cm³/mol. The molecule has 0 amide bonds. The topological polar surface area (TPSA) is 99.3 Å². The summed E-state index contributed by atoms with van der Waals surface area (Å²) in [7, 11) is -3.56. The molecule has 0 atom stereocenters. The van der Waals surface area contributed by atoms with Crippen molar-refractivity contribution in [3.63, 3.8) is 0 Å². The standard InChI is InChI=1S/C14H28N4O2S/c1-11-3-7-14(8-4-11,13(15)16)17-21(19,20)18-9-5-12(2)6-10-18/h11-12,17H,3-10H2,1-2H3,(H3,15,16). The maximum absolute atomic E-state index is 12.6. The maximum Gasteiger partial charge on any atom is 0.280 e. The molecule has 4 N–H and O–H groups in total. The van der Waals surface area contributed by atoms with Gasteiger partial charge in [-0.1, -0.05) is 13.8 Å². The number of hydrogen-bond acceptors (Lipinski definition) is 3. The molecule has 2 rings (SSSR count). The second-order valence-electron chi connectivity index (χ2n) is 6.87. The molecule has 1 aliphatic heterocycles. The van der Waals surface area contributed by atoms with E-state index in [-0.39, 0.29) is 5.84 Å². The second kappa shape index (κ2) is 6.22. The minimum absolute atomic E-state index is 0.0525. The van der Waals surface area contributed by atoms with Crippen molar-refractivity contribution in [2.24, 2.45) is 17.6 Å². The fourth-order valence-electron chi connectivity index (χ4n) is 3.22. The lowest BCUT2D eigenvalue weighted by molar-refractivity contribution is 0.260. The molecule has 1 heterocycles. The number of amidine groups is 1. The van der Waals surface area contributed by atoms with E-state index >= 15 is 0 Å². The van der Waals surface area contributed by atoms with Crippen molar-refractivity contribution in [3.05, 3.63) is 0 Å². The van der Waals surface area contributed by atoms with Crippen LogP contribution < -0.4 is 10.5 Å². The van der Waals surface area contributed by atoms with E-state index in [9.17, 15) is 8.42 Å². The molecule has 1 saturated heterocycles. The molecular formula is C14H28N4O2S. The first-order valence-electron chi connectivity index (χ1n) is 7.89. The van der Waals surface area contributed by atoms with Gasteiger partial charge in [-0.3, -0.25) is 5.41 Å². The largest absolute Gasteiger partial charge is 0.386 e. The van der Waals surface area contributed by atoms with Gasteiger partial charge in [0.15, 0.2) is 0 Å². The molecule has 2 fully saturated rings. The minimum Gasteiger partial charge on any atom is -0.386 e. The van der Waals surface area contributed by atoms with Crippen LogP contribution in [0.15, 0.2) is 0 Å². The number of nitrogens with two attached hydrogens (primary N) is 1. The van der Waals surface area contributed by atoms with Crippen LogP contribution >= 0.6 is 0 Å². The van der Waals surface area contributed by atoms with Crippen molar-refractivity contribution in [1.82, 2.24) is 9.03 Å². The van der Waals surface area contributed by atoms with Gasteiger partial charge in [0.05, 0.1) is 5.54 Å². The summed E-state index contributed by atoms with van der Waals surface area (Å²) in [5, 5.41) is 7.86. The minimum atomic E-state index is -3.56. The molecule has 0 unspecified atom stereocenters. The highest BCUT2D eigenvalue weighted by Gasteiger charge is 2.42. The summed E-state index contributed by atoms with van der Waals surface area (Å²) in [6, 6.07) is 0. The number of rotatable bonds is 4. The Morgan fingerprint density at radius 3 is 2.10 bits per heavy atom. The average Bonchev–Trinajstić information content (AvgIpc) is 2.41. The highest BCUT2D eigenvalue weighted by molar-refractivity contribution is 7.87. The monoisotopic (exact) mass is 316 g/mol. The number of hydrogen-bond donors (Lipinski definition) is 3. The first-order chi connectivity index (χ1) is 9.75. The fourth-order valence-corrected chi connectivity index (χ4v) is 4.85. The van der Waals surface area contributed by atoms with Gasteiger partial charge < -0.3 is 5.73 Å². The molecule has 0 radical (unpaired) electrons. The van der Waals surface area contributed by atoms with Crippen molar-refractivity contribution in [2.75, 3.05) is 13.1 Å². The normalized spacial score (nSPS) is 33.0. The molecule has 1 aliphatic carbocycles. The van der Waals surface area contributed by atoms with E-state index in [4.69, 9.17) is 11.1 Å². The van der Waals surface area contributed by atoms with Crippen LogP contribution in [0.5, 0.6) is 0 Å². The zero-order valence-electron chi connectivity index (χ0n) is 13.1. The Bertz CT molecular complexity index is 475. The van der Waals surface area contributed by atoms with Gasteiger partial charge in [0.25, 0.3) is 10.2 Å². The van der Waals surface area contributed by atoms with Gasteiger partial charge in [0.2, 0.25) is 0 Å². The van der Waals surface area contributed by atoms with E-state index < -0.39 is 15.7 Å². The summed E-state index contributed by atoms with van der Waals surface area (Å²) < 4.78 is 29.5. The SMILES string of the molecule is CC1CCN(S(=O)(=O)NC2(C(=N)N)CCC(C)CC2)CC1. The Morgan fingerprint density at radius 1 is 1.14 bits per heavy atom. The third-order valence-corrected chi connectivity index (χ3v) is 6.74. The van der Waals surface area contributed by atoms with Crippen LogP contribution in [0.25, 0.3) is 0 Å². The van der Waals surface area contributed by atoms with Gasteiger partial charge in [-0.25, -0.2) is 0 Å². The fraction of sp³-hybridized carbons (Fsp3) is 0.929. The Labute approximate surface area is 128 Å². The van der Waals surface area contributed by atoms with Crippen LogP contribution in [-0.2, 0) is 10.2 Å². The number of nitrogens with one attached hydrogen (secondary N) is 2. The third kappa shape index (κ3) is 3.76. The Balaban J connectivity index is 2.11. The summed E-state index contributed by atoms with van der Waals surface area (Å²) in [6.45, 7) is 5.42. The molecule has 21 heavy (non-hydrogen) atoms. The summed E-state index contributed by atoms with van der Waals surface area (Å²) in [6.07, 6.45) is 4.83. The number of piperidine rings is 1. The van der Waals surface area contributed by atoms with E-state index in [0.717, 1.165) is 25.7 Å². The summed E-state index contributed by atoms with van der Waals surface area (Å²) in [4.78, 5) is 0. The zero-order chi connectivity index (χ0) is 15.7. The first kappa shape index (κ1) is 16.7. The van der Waals surface area contributed by atoms with Gasteiger partial charge in [-0.15, -0.1) is 0 Å². The van der Waals surface area contributed by atoms with E-state index in [1.807, 2.05) is 0 Å². The third-order valence-electron chi connectivity index (χ3n) is 5.05. The zero-order valence-corrected chi connectivity index (χ0v) is 13.9. The highest BCUT2D eigenvalue weighted by atomic mass is 32.2. The quantitative estimate of drug-likeness (QED) is 0.540. The van der Waals surface area contributed by atoms with Crippen molar-refractivity contribution in [1.29, 1.82) is 5.41 Å². The highest BCUT2D eigenvalue weighted by Crippen LogP contribution is 2.33. The molecule has 1 saturated carbocycles. The van der Waals surface area contributed by atoms with E-state index in [2.05, 4.69) is 18.6 Å². The molecule has 7 heteroatoms. The molecule has 0 aromatic carbocycles. The van der Waals surface area contributed by atoms with Crippen LogP contribution in [0.2, 0.25) is 0 Å². The van der Waals surface area contributed by atoms with E-state index in [1.165, 1.54) is 4.31 Å². The van der Waals surface area contributed by atoms with Crippen LogP contribution in [0.4, 0.5) is 0 Å². The van der Waals surface area contributed by atoms with Crippen LogP contribution in [0.3, 0.4) is 0 Å². The maximum atomic E-state index is 12.6. The van der Waals surface area contributed by atoms with Gasteiger partial charge in [-0.05, 0) is 50.4 Å². The predicted octanol–water partition coefficient (Wildman–Crippen LogP) is 1.44. The van der Waals surface area contributed by atoms with Gasteiger partial charge in [0, 0.05) is 13.1 Å². The van der Waals surface area contributed by atoms with Crippen LogP contribution in [0, 0.1) is 17.2 Å². The Morgan fingerprint density at radius 2 is 1.62 bits per heavy atom. The summed E-state index contributed by atoms with van der Waals surface area (Å²) in [5.41, 5.74) is 4.86. The molecular weight excluding hydrogens is 288 g/mol. The number of nitrogens with zero attached hydrogens (tertiary/aromatic N) is 1. The van der Waals surface area contributed by atoms with Crippen LogP contribution in [-0.4, -0.2) is 37.2 Å². The van der Waals surface area contributed by atoms with E-state index in [1.54, 1.807) is 0 Å². The van der Waals surface area contributed by atoms with Gasteiger partial charge in [0.1, 0.15) is 5.84 Å². The van der Waals surface area contributed by atoms with Crippen molar-refractivity contribution >= 4 is 16.0 Å².